The van der Waals surface area contributed by atoms with Crippen molar-refractivity contribution >= 4 is 5.69 Å². The largest absolute Gasteiger partial charge is 0.496 e. The van der Waals surface area contributed by atoms with Crippen LogP contribution in [0.1, 0.15) is 5.56 Å². The topological polar surface area (TPSA) is 83.1 Å². The molecule has 0 saturated heterocycles. The Kier molecular flexibility index (Phi) is 4.01. The number of non-ortho nitro benzene ring substituents is 1. The normalized spacial score (nSPS) is 10.5. The molecule has 0 saturated carbocycles. The van der Waals surface area contributed by atoms with Crippen LogP contribution < -0.4 is 4.74 Å². The fourth-order valence-corrected chi connectivity index (χ4v) is 2.38. The van der Waals surface area contributed by atoms with E-state index in [-0.39, 0.29) is 5.69 Å². The molecule has 0 aliphatic heterocycles. The first-order valence-corrected chi connectivity index (χ1v) is 6.91. The van der Waals surface area contributed by atoms with E-state index in [1.165, 1.54) is 6.07 Å². The van der Waals surface area contributed by atoms with Gasteiger partial charge in [0.05, 0.1) is 18.6 Å². The number of nitro groups is 1. The van der Waals surface area contributed by atoms with Crippen LogP contribution in [0.2, 0.25) is 0 Å². The van der Waals surface area contributed by atoms with Crippen molar-refractivity contribution in [2.75, 3.05) is 7.11 Å². The third kappa shape index (κ3) is 3.18. The highest BCUT2D eigenvalue weighted by Gasteiger charge is 2.12. The Morgan fingerprint density at radius 3 is 2.65 bits per heavy atom. The van der Waals surface area contributed by atoms with Crippen LogP contribution >= 0.6 is 0 Å². The number of hydrogen-bond donors (Lipinski definition) is 0. The maximum Gasteiger partial charge on any atom is 0.270 e. The Balaban J connectivity index is 2.02. The van der Waals surface area contributed by atoms with E-state index in [2.05, 4.69) is 10.2 Å². The number of nitro benzene ring substituents is 1. The van der Waals surface area contributed by atoms with Crippen molar-refractivity contribution in [2.45, 2.75) is 6.54 Å². The molecule has 1 heterocycles. The van der Waals surface area contributed by atoms with Gasteiger partial charge in [-0.1, -0.05) is 18.2 Å². The van der Waals surface area contributed by atoms with Crippen molar-refractivity contribution in [1.82, 2.24) is 14.8 Å². The smallest absolute Gasteiger partial charge is 0.270 e. The molecule has 0 amide bonds. The van der Waals surface area contributed by atoms with E-state index in [9.17, 15) is 10.1 Å². The lowest BCUT2D eigenvalue weighted by molar-refractivity contribution is -0.384. The van der Waals surface area contributed by atoms with Crippen LogP contribution in [0, 0.1) is 10.1 Å². The number of ether oxygens (including phenoxy) is 1. The predicted octanol–water partition coefficient (Wildman–Crippen LogP) is 2.91. The average molecular weight is 310 g/mol. The minimum absolute atomic E-state index is 0.0498. The summed E-state index contributed by atoms with van der Waals surface area (Å²) in [6.45, 7) is 0.610. The number of methoxy groups -OCH3 is 1. The number of nitrogens with zero attached hydrogens (tertiary/aromatic N) is 4. The van der Waals surface area contributed by atoms with Gasteiger partial charge in [-0.2, -0.15) is 0 Å². The zero-order chi connectivity index (χ0) is 16.2. The van der Waals surface area contributed by atoms with Crippen molar-refractivity contribution in [3.63, 3.8) is 0 Å². The van der Waals surface area contributed by atoms with Gasteiger partial charge in [0.2, 0.25) is 0 Å². The highest BCUT2D eigenvalue weighted by Crippen LogP contribution is 2.33. The first kappa shape index (κ1) is 14.7. The summed E-state index contributed by atoms with van der Waals surface area (Å²) in [6.07, 6.45) is 3.27. The summed E-state index contributed by atoms with van der Waals surface area (Å²) in [5.74, 6) is 0.665. The first-order valence-electron chi connectivity index (χ1n) is 6.91. The van der Waals surface area contributed by atoms with Crippen LogP contribution in [0.3, 0.4) is 0 Å². The van der Waals surface area contributed by atoms with Gasteiger partial charge in [0.15, 0.2) is 0 Å². The molecule has 116 valence electrons. The number of benzene rings is 2. The molecule has 0 spiro atoms. The molecule has 0 radical (unpaired) electrons. The van der Waals surface area contributed by atoms with Gasteiger partial charge in [0, 0.05) is 17.7 Å². The molecule has 2 aromatic carbocycles. The predicted molar refractivity (Wildman–Crippen MR) is 84.2 cm³/mol. The Morgan fingerprint density at radius 1 is 1.17 bits per heavy atom. The van der Waals surface area contributed by atoms with Gasteiger partial charge < -0.3 is 9.30 Å². The second-order valence-corrected chi connectivity index (χ2v) is 4.98. The average Bonchev–Trinajstić information content (AvgIpc) is 3.08. The van der Waals surface area contributed by atoms with Gasteiger partial charge in [0.1, 0.15) is 18.4 Å². The van der Waals surface area contributed by atoms with E-state index in [0.29, 0.717) is 12.3 Å². The van der Waals surface area contributed by atoms with Crippen LogP contribution in [0.4, 0.5) is 5.69 Å². The maximum absolute atomic E-state index is 11.0. The third-order valence-corrected chi connectivity index (χ3v) is 3.46. The lowest BCUT2D eigenvalue weighted by Gasteiger charge is -2.11. The summed E-state index contributed by atoms with van der Waals surface area (Å²) in [6, 6.07) is 12.3. The molecule has 0 aliphatic rings. The molecule has 0 atom stereocenters. The number of rotatable bonds is 5. The highest BCUT2D eigenvalue weighted by atomic mass is 16.6. The van der Waals surface area contributed by atoms with Crippen molar-refractivity contribution in [3.8, 4) is 16.9 Å². The Labute approximate surface area is 132 Å². The van der Waals surface area contributed by atoms with E-state index in [0.717, 1.165) is 16.7 Å². The van der Waals surface area contributed by atoms with Gasteiger partial charge in [-0.3, -0.25) is 10.1 Å². The molecule has 0 unspecified atom stereocenters. The molecule has 3 rings (SSSR count). The zero-order valence-electron chi connectivity index (χ0n) is 12.4. The van der Waals surface area contributed by atoms with Crippen molar-refractivity contribution in [2.24, 2.45) is 0 Å². The SMILES string of the molecule is COc1ccc(Cn2cnnc2)cc1-c1cccc([N+](=O)[O-])c1. The lowest BCUT2D eigenvalue weighted by atomic mass is 10.0. The molecule has 7 nitrogen and oxygen atoms in total. The van der Waals surface area contributed by atoms with Gasteiger partial charge in [-0.05, 0) is 23.3 Å². The van der Waals surface area contributed by atoms with E-state index >= 15 is 0 Å². The van der Waals surface area contributed by atoms with Crippen LogP contribution in [-0.4, -0.2) is 26.8 Å². The van der Waals surface area contributed by atoms with Crippen molar-refractivity contribution in [1.29, 1.82) is 0 Å². The summed E-state index contributed by atoms with van der Waals surface area (Å²) in [5.41, 5.74) is 2.62. The fraction of sp³-hybridized carbons (Fsp3) is 0.125. The number of aromatic nitrogens is 3. The van der Waals surface area contributed by atoms with E-state index in [4.69, 9.17) is 4.74 Å². The molecule has 3 aromatic rings. The van der Waals surface area contributed by atoms with Crippen LogP contribution in [0.5, 0.6) is 5.75 Å². The standard InChI is InChI=1S/C16H14N4O3/c1-23-16-6-5-12(9-19-10-17-18-11-19)7-15(16)13-3-2-4-14(8-13)20(21)22/h2-8,10-11H,9H2,1H3. The first-order chi connectivity index (χ1) is 11.2. The van der Waals surface area contributed by atoms with Crippen molar-refractivity contribution in [3.05, 3.63) is 70.8 Å². The van der Waals surface area contributed by atoms with Crippen LogP contribution in [-0.2, 0) is 6.54 Å². The molecule has 0 bridgehead atoms. The molecule has 23 heavy (non-hydrogen) atoms. The van der Waals surface area contributed by atoms with Gasteiger partial charge in [-0.25, -0.2) is 0 Å². The second kappa shape index (κ2) is 6.27. The number of hydrogen-bond acceptors (Lipinski definition) is 5. The summed E-state index contributed by atoms with van der Waals surface area (Å²) in [5, 5.41) is 18.5. The highest BCUT2D eigenvalue weighted by molar-refractivity contribution is 5.73. The Hall–Kier alpha value is -3.22. The third-order valence-electron chi connectivity index (χ3n) is 3.46. The Bertz CT molecular complexity index is 831. The summed E-state index contributed by atoms with van der Waals surface area (Å²) in [7, 11) is 1.58. The van der Waals surface area contributed by atoms with Gasteiger partial charge in [-0.15, -0.1) is 10.2 Å². The second-order valence-electron chi connectivity index (χ2n) is 4.98. The quantitative estimate of drug-likeness (QED) is 0.534. The van der Waals surface area contributed by atoms with Gasteiger partial charge in [0.25, 0.3) is 5.69 Å². The maximum atomic E-state index is 11.0. The fourth-order valence-electron chi connectivity index (χ4n) is 2.38. The molecular weight excluding hydrogens is 296 g/mol. The summed E-state index contributed by atoms with van der Waals surface area (Å²) in [4.78, 5) is 10.6. The minimum Gasteiger partial charge on any atom is -0.496 e. The van der Waals surface area contributed by atoms with Crippen molar-refractivity contribution < 1.29 is 9.66 Å². The molecule has 7 heteroatoms. The Morgan fingerprint density at radius 2 is 1.96 bits per heavy atom. The van der Waals surface area contributed by atoms with Gasteiger partial charge >= 0.3 is 0 Å². The summed E-state index contributed by atoms with van der Waals surface area (Å²) < 4.78 is 7.24. The molecule has 0 fully saturated rings. The van der Waals surface area contributed by atoms with Crippen LogP contribution in [0.25, 0.3) is 11.1 Å². The molecule has 0 aliphatic carbocycles. The van der Waals surface area contributed by atoms with E-state index < -0.39 is 4.92 Å². The monoisotopic (exact) mass is 310 g/mol. The molecular formula is C16H14N4O3. The van der Waals surface area contributed by atoms with E-state index in [1.54, 1.807) is 31.9 Å². The van der Waals surface area contributed by atoms with Crippen LogP contribution in [0.15, 0.2) is 55.1 Å². The minimum atomic E-state index is -0.406. The lowest BCUT2D eigenvalue weighted by Crippen LogP contribution is -1.98. The van der Waals surface area contributed by atoms with E-state index in [1.807, 2.05) is 28.8 Å². The summed E-state index contributed by atoms with van der Waals surface area (Å²) >= 11 is 0. The molecule has 0 N–H and O–H groups in total. The molecule has 1 aromatic heterocycles. The zero-order valence-corrected chi connectivity index (χ0v) is 12.4.